The summed E-state index contributed by atoms with van der Waals surface area (Å²) in [5.74, 6) is 0.887. The third kappa shape index (κ3) is 3.74. The lowest BCUT2D eigenvalue weighted by molar-refractivity contribution is 0.229. The van der Waals surface area contributed by atoms with Gasteiger partial charge in [0.25, 0.3) is 0 Å². The van der Waals surface area contributed by atoms with E-state index in [0.29, 0.717) is 0 Å². The van der Waals surface area contributed by atoms with Gasteiger partial charge in [-0.3, -0.25) is 0 Å². The van der Waals surface area contributed by atoms with Crippen LogP contribution in [0.25, 0.3) is 10.6 Å². The summed E-state index contributed by atoms with van der Waals surface area (Å²) in [4.78, 5) is 5.84. The first-order chi connectivity index (χ1) is 11.0. The molecule has 0 aliphatic rings. The van der Waals surface area contributed by atoms with E-state index in [4.69, 9.17) is 16.3 Å². The van der Waals surface area contributed by atoms with Crippen molar-refractivity contribution in [1.29, 1.82) is 0 Å². The number of benzene rings is 2. The summed E-state index contributed by atoms with van der Waals surface area (Å²) in [5, 5.41) is 1.73. The topological polar surface area (TPSA) is 22.1 Å². The number of halogens is 1. The molecule has 0 spiro atoms. The van der Waals surface area contributed by atoms with Crippen molar-refractivity contribution in [3.8, 4) is 16.3 Å². The van der Waals surface area contributed by atoms with Crippen LogP contribution in [-0.4, -0.2) is 4.98 Å². The van der Waals surface area contributed by atoms with E-state index in [1.807, 2.05) is 49.4 Å². The second-order valence-electron chi connectivity index (χ2n) is 5.55. The Labute approximate surface area is 145 Å². The van der Waals surface area contributed by atoms with Crippen LogP contribution in [0.2, 0.25) is 5.02 Å². The number of rotatable bonds is 4. The van der Waals surface area contributed by atoms with E-state index in [0.717, 1.165) is 31.9 Å². The van der Waals surface area contributed by atoms with Crippen LogP contribution in [0.1, 0.15) is 29.2 Å². The van der Waals surface area contributed by atoms with Crippen LogP contribution in [-0.2, 0) is 0 Å². The van der Waals surface area contributed by atoms with Crippen LogP contribution in [0.3, 0.4) is 0 Å². The lowest BCUT2D eigenvalue weighted by Crippen LogP contribution is -2.02. The highest BCUT2D eigenvalue weighted by atomic mass is 35.5. The Hall–Kier alpha value is -1.84. The fraction of sp³-hybridized carbons (Fsp3) is 0.211. The second-order valence-corrected chi connectivity index (χ2v) is 7.02. The van der Waals surface area contributed by atoms with E-state index in [9.17, 15) is 0 Å². The fourth-order valence-corrected chi connectivity index (χ4v) is 3.63. The van der Waals surface area contributed by atoms with Crippen LogP contribution in [0.4, 0.5) is 0 Å². The minimum Gasteiger partial charge on any atom is -0.485 e. The average molecular weight is 344 g/mol. The second kappa shape index (κ2) is 6.73. The zero-order chi connectivity index (χ0) is 16.4. The zero-order valence-electron chi connectivity index (χ0n) is 13.3. The summed E-state index contributed by atoms with van der Waals surface area (Å²) in [6.45, 7) is 6.16. The van der Waals surface area contributed by atoms with E-state index in [1.54, 1.807) is 11.3 Å². The number of aryl methyl sites for hydroxylation is 2. The number of nitrogens with zero attached hydrogens (tertiary/aromatic N) is 1. The number of ether oxygens (including phenoxy) is 1. The Balaban J connectivity index is 1.84. The van der Waals surface area contributed by atoms with Crippen molar-refractivity contribution >= 4 is 22.9 Å². The zero-order valence-corrected chi connectivity index (χ0v) is 14.9. The summed E-state index contributed by atoms with van der Waals surface area (Å²) in [6, 6.07) is 15.9. The first-order valence-electron chi connectivity index (χ1n) is 7.49. The molecule has 3 rings (SSSR count). The van der Waals surface area contributed by atoms with Gasteiger partial charge >= 0.3 is 0 Å². The third-order valence-corrected chi connectivity index (χ3v) is 5.21. The van der Waals surface area contributed by atoms with E-state index in [-0.39, 0.29) is 6.10 Å². The van der Waals surface area contributed by atoms with Crippen LogP contribution in [0, 0.1) is 13.8 Å². The maximum Gasteiger partial charge on any atom is 0.132 e. The van der Waals surface area contributed by atoms with Crippen LogP contribution >= 0.6 is 22.9 Å². The van der Waals surface area contributed by atoms with Crippen molar-refractivity contribution in [2.75, 3.05) is 0 Å². The molecular formula is C19H18ClNOS. The first-order valence-corrected chi connectivity index (χ1v) is 8.69. The highest BCUT2D eigenvalue weighted by Crippen LogP contribution is 2.34. The van der Waals surface area contributed by atoms with Gasteiger partial charge in [0.1, 0.15) is 16.9 Å². The molecule has 0 radical (unpaired) electrons. The van der Waals surface area contributed by atoms with E-state index >= 15 is 0 Å². The molecule has 0 bridgehead atoms. The summed E-state index contributed by atoms with van der Waals surface area (Å²) in [5.41, 5.74) is 3.29. The summed E-state index contributed by atoms with van der Waals surface area (Å²) >= 11 is 7.62. The SMILES string of the molecule is Cc1cccc(OC(C)c2sc(-c3ccc(Cl)cc3)nc2C)c1. The molecule has 1 atom stereocenters. The molecule has 0 N–H and O–H groups in total. The predicted molar refractivity (Wildman–Crippen MR) is 97.5 cm³/mol. The Morgan fingerprint density at radius 1 is 1.09 bits per heavy atom. The van der Waals surface area contributed by atoms with Crippen LogP contribution in [0.15, 0.2) is 48.5 Å². The monoisotopic (exact) mass is 343 g/mol. The summed E-state index contributed by atoms with van der Waals surface area (Å²) in [7, 11) is 0. The maximum absolute atomic E-state index is 6.08. The van der Waals surface area contributed by atoms with Crippen molar-refractivity contribution in [2.45, 2.75) is 26.9 Å². The van der Waals surface area contributed by atoms with Crippen molar-refractivity contribution in [3.05, 3.63) is 69.7 Å². The number of aromatic nitrogens is 1. The van der Waals surface area contributed by atoms with Gasteiger partial charge in [0.2, 0.25) is 0 Å². The smallest absolute Gasteiger partial charge is 0.132 e. The van der Waals surface area contributed by atoms with Gasteiger partial charge in [-0.05, 0) is 50.6 Å². The number of hydrogen-bond acceptors (Lipinski definition) is 3. The molecule has 2 nitrogen and oxygen atoms in total. The van der Waals surface area contributed by atoms with Gasteiger partial charge in [-0.1, -0.05) is 35.9 Å². The molecule has 0 saturated heterocycles. The maximum atomic E-state index is 6.08. The van der Waals surface area contributed by atoms with Gasteiger partial charge in [0, 0.05) is 10.6 Å². The number of hydrogen-bond donors (Lipinski definition) is 0. The fourth-order valence-electron chi connectivity index (χ4n) is 2.45. The largest absolute Gasteiger partial charge is 0.485 e. The van der Waals surface area contributed by atoms with Crippen LogP contribution in [0.5, 0.6) is 5.75 Å². The molecule has 0 saturated carbocycles. The predicted octanol–water partition coefficient (Wildman–Crippen LogP) is 6.22. The van der Waals surface area contributed by atoms with Crippen LogP contribution < -0.4 is 4.74 Å². The Bertz CT molecular complexity index is 810. The van der Waals surface area contributed by atoms with Gasteiger partial charge < -0.3 is 4.74 Å². The van der Waals surface area contributed by atoms with Gasteiger partial charge in [-0.25, -0.2) is 4.98 Å². The minimum atomic E-state index is -0.0321. The third-order valence-electron chi connectivity index (χ3n) is 3.60. The Morgan fingerprint density at radius 2 is 1.83 bits per heavy atom. The molecular weight excluding hydrogens is 326 g/mol. The average Bonchev–Trinajstić information content (AvgIpc) is 2.90. The molecule has 0 fully saturated rings. The quantitative estimate of drug-likeness (QED) is 0.561. The molecule has 118 valence electrons. The molecule has 4 heteroatoms. The molecule has 0 aliphatic heterocycles. The Kier molecular flexibility index (Phi) is 4.69. The molecule has 23 heavy (non-hydrogen) atoms. The first kappa shape index (κ1) is 16.0. The van der Waals surface area contributed by atoms with E-state index in [2.05, 4.69) is 24.9 Å². The lowest BCUT2D eigenvalue weighted by atomic mass is 10.2. The molecule has 1 heterocycles. The summed E-state index contributed by atoms with van der Waals surface area (Å²) in [6.07, 6.45) is -0.0321. The van der Waals surface area contributed by atoms with Crippen molar-refractivity contribution in [3.63, 3.8) is 0 Å². The van der Waals surface area contributed by atoms with Gasteiger partial charge in [-0.2, -0.15) is 0 Å². The van der Waals surface area contributed by atoms with Gasteiger partial charge in [0.15, 0.2) is 0 Å². The molecule has 2 aromatic carbocycles. The standard InChI is InChI=1S/C19H18ClNOS/c1-12-5-4-6-17(11-12)22-14(3)18-13(2)21-19(23-18)15-7-9-16(20)10-8-15/h4-11,14H,1-3H3. The van der Waals surface area contributed by atoms with Crippen molar-refractivity contribution in [1.82, 2.24) is 4.98 Å². The molecule has 0 amide bonds. The van der Waals surface area contributed by atoms with Gasteiger partial charge in [0.05, 0.1) is 10.6 Å². The molecule has 3 aromatic rings. The molecule has 0 aliphatic carbocycles. The number of thiazole rings is 1. The van der Waals surface area contributed by atoms with Gasteiger partial charge in [-0.15, -0.1) is 11.3 Å². The van der Waals surface area contributed by atoms with Crippen molar-refractivity contribution < 1.29 is 4.74 Å². The van der Waals surface area contributed by atoms with Crippen molar-refractivity contribution in [2.24, 2.45) is 0 Å². The normalized spacial score (nSPS) is 12.2. The van der Waals surface area contributed by atoms with E-state index < -0.39 is 0 Å². The lowest BCUT2D eigenvalue weighted by Gasteiger charge is -2.14. The molecule has 1 aromatic heterocycles. The minimum absolute atomic E-state index is 0.0321. The molecule has 1 unspecified atom stereocenters. The summed E-state index contributed by atoms with van der Waals surface area (Å²) < 4.78 is 6.08. The highest BCUT2D eigenvalue weighted by Gasteiger charge is 2.17. The van der Waals surface area contributed by atoms with E-state index in [1.165, 1.54) is 5.56 Å². The highest BCUT2D eigenvalue weighted by molar-refractivity contribution is 7.15. The Morgan fingerprint density at radius 3 is 2.52 bits per heavy atom.